The Morgan fingerprint density at radius 1 is 1.56 bits per heavy atom. The van der Waals surface area contributed by atoms with Gasteiger partial charge in [0.2, 0.25) is 0 Å². The Hall–Kier alpha value is -1.63. The number of nitrogens with two attached hydrogens (primary N) is 1. The molecule has 0 aliphatic heterocycles. The predicted molar refractivity (Wildman–Crippen MR) is 60.2 cm³/mol. The van der Waals surface area contributed by atoms with Crippen molar-refractivity contribution in [1.82, 2.24) is 4.98 Å². The van der Waals surface area contributed by atoms with Crippen molar-refractivity contribution in [1.29, 1.82) is 0 Å². The van der Waals surface area contributed by atoms with E-state index in [1.807, 2.05) is 0 Å². The van der Waals surface area contributed by atoms with Gasteiger partial charge in [0.15, 0.2) is 5.84 Å². The average molecular weight is 243 g/mol. The Balaban J connectivity index is 2.73. The number of rotatable bonds is 4. The topological polar surface area (TPSA) is 106 Å². The van der Waals surface area contributed by atoms with Crippen LogP contribution in [-0.2, 0) is 16.3 Å². The van der Waals surface area contributed by atoms with E-state index in [0.29, 0.717) is 12.1 Å². The van der Waals surface area contributed by atoms with Crippen molar-refractivity contribution in [3.05, 3.63) is 29.6 Å². The van der Waals surface area contributed by atoms with E-state index in [4.69, 9.17) is 10.9 Å². The first kappa shape index (κ1) is 12.4. The van der Waals surface area contributed by atoms with Crippen LogP contribution in [0, 0.1) is 0 Å². The van der Waals surface area contributed by atoms with E-state index < -0.39 is 9.84 Å². The van der Waals surface area contributed by atoms with E-state index in [9.17, 15) is 8.42 Å². The Kier molecular flexibility index (Phi) is 3.83. The minimum atomic E-state index is -2.97. The molecule has 88 valence electrons. The summed E-state index contributed by atoms with van der Waals surface area (Å²) >= 11 is 0. The molecule has 0 aliphatic rings. The van der Waals surface area contributed by atoms with Gasteiger partial charge in [-0.2, -0.15) is 0 Å². The molecule has 0 saturated carbocycles. The third kappa shape index (κ3) is 3.85. The summed E-state index contributed by atoms with van der Waals surface area (Å²) in [6.07, 6.45) is 3.10. The maximum atomic E-state index is 10.9. The van der Waals surface area contributed by atoms with Gasteiger partial charge in [-0.3, -0.25) is 4.98 Å². The SMILES string of the molecule is CS(=O)(=O)CCc1ccc(C(N)=NO)nc1. The van der Waals surface area contributed by atoms with Crippen LogP contribution < -0.4 is 5.73 Å². The van der Waals surface area contributed by atoms with Gasteiger partial charge in [0.05, 0.1) is 5.75 Å². The molecule has 1 heterocycles. The summed E-state index contributed by atoms with van der Waals surface area (Å²) in [5.41, 5.74) is 6.47. The molecule has 0 spiro atoms. The van der Waals surface area contributed by atoms with Crippen molar-refractivity contribution < 1.29 is 13.6 Å². The molecule has 0 aliphatic carbocycles. The summed E-state index contributed by atoms with van der Waals surface area (Å²) in [4.78, 5) is 3.94. The number of aromatic nitrogens is 1. The highest BCUT2D eigenvalue weighted by molar-refractivity contribution is 7.90. The zero-order chi connectivity index (χ0) is 12.2. The molecule has 16 heavy (non-hydrogen) atoms. The van der Waals surface area contributed by atoms with Crippen LogP contribution >= 0.6 is 0 Å². The van der Waals surface area contributed by atoms with E-state index in [1.54, 1.807) is 12.1 Å². The monoisotopic (exact) mass is 243 g/mol. The molecule has 7 heteroatoms. The minimum Gasteiger partial charge on any atom is -0.409 e. The summed E-state index contributed by atoms with van der Waals surface area (Å²) in [6, 6.07) is 3.28. The van der Waals surface area contributed by atoms with Gasteiger partial charge in [-0.05, 0) is 18.1 Å². The van der Waals surface area contributed by atoms with Crippen molar-refractivity contribution in [2.45, 2.75) is 6.42 Å². The number of sulfone groups is 1. The van der Waals surface area contributed by atoms with Gasteiger partial charge in [-0.15, -0.1) is 0 Å². The average Bonchev–Trinajstić information content (AvgIpc) is 2.25. The van der Waals surface area contributed by atoms with E-state index >= 15 is 0 Å². The highest BCUT2D eigenvalue weighted by Crippen LogP contribution is 2.02. The highest BCUT2D eigenvalue weighted by atomic mass is 32.2. The molecular weight excluding hydrogens is 230 g/mol. The van der Waals surface area contributed by atoms with Crippen LogP contribution in [0.1, 0.15) is 11.3 Å². The van der Waals surface area contributed by atoms with Gasteiger partial charge < -0.3 is 10.9 Å². The van der Waals surface area contributed by atoms with Crippen LogP contribution in [0.3, 0.4) is 0 Å². The fraction of sp³-hybridized carbons (Fsp3) is 0.333. The molecule has 0 amide bonds. The van der Waals surface area contributed by atoms with Crippen LogP contribution in [-0.4, -0.2) is 36.5 Å². The molecule has 1 aromatic rings. The number of oxime groups is 1. The van der Waals surface area contributed by atoms with Crippen LogP contribution in [0.5, 0.6) is 0 Å². The molecular formula is C9H13N3O3S. The fourth-order valence-corrected chi connectivity index (χ4v) is 1.68. The molecule has 0 bridgehead atoms. The number of amidine groups is 1. The lowest BCUT2D eigenvalue weighted by atomic mass is 10.2. The molecule has 0 radical (unpaired) electrons. The summed E-state index contributed by atoms with van der Waals surface area (Å²) < 4.78 is 21.9. The second kappa shape index (κ2) is 4.93. The van der Waals surface area contributed by atoms with Gasteiger partial charge >= 0.3 is 0 Å². The zero-order valence-corrected chi connectivity index (χ0v) is 9.61. The summed E-state index contributed by atoms with van der Waals surface area (Å²) in [6.45, 7) is 0. The molecule has 3 N–H and O–H groups in total. The molecule has 0 unspecified atom stereocenters. The van der Waals surface area contributed by atoms with Crippen LogP contribution in [0.4, 0.5) is 0 Å². The molecule has 0 aromatic carbocycles. The molecule has 0 saturated heterocycles. The number of aryl methyl sites for hydroxylation is 1. The summed E-state index contributed by atoms with van der Waals surface area (Å²) in [5, 5.41) is 11.2. The first-order valence-electron chi connectivity index (χ1n) is 4.53. The first-order chi connectivity index (χ1) is 7.42. The van der Waals surface area contributed by atoms with Crippen LogP contribution in [0.15, 0.2) is 23.5 Å². The molecule has 1 aromatic heterocycles. The Morgan fingerprint density at radius 2 is 2.25 bits per heavy atom. The lowest BCUT2D eigenvalue weighted by molar-refractivity contribution is 0.318. The van der Waals surface area contributed by atoms with Gasteiger partial charge in [-0.1, -0.05) is 11.2 Å². The fourth-order valence-electron chi connectivity index (χ4n) is 1.08. The second-order valence-corrected chi connectivity index (χ2v) is 5.68. The largest absolute Gasteiger partial charge is 0.409 e. The van der Waals surface area contributed by atoms with Gasteiger partial charge in [0.1, 0.15) is 15.5 Å². The van der Waals surface area contributed by atoms with Crippen molar-refractivity contribution in [2.24, 2.45) is 10.9 Å². The number of nitrogens with zero attached hydrogens (tertiary/aromatic N) is 2. The van der Waals surface area contributed by atoms with E-state index in [2.05, 4.69) is 10.1 Å². The van der Waals surface area contributed by atoms with Gasteiger partial charge in [-0.25, -0.2) is 8.42 Å². The molecule has 6 nitrogen and oxygen atoms in total. The number of pyridine rings is 1. The lowest BCUT2D eigenvalue weighted by Gasteiger charge is -2.01. The van der Waals surface area contributed by atoms with Crippen molar-refractivity contribution >= 4 is 15.7 Å². The Labute approximate surface area is 93.7 Å². The Morgan fingerprint density at radius 3 is 2.69 bits per heavy atom. The van der Waals surface area contributed by atoms with E-state index in [1.165, 1.54) is 12.5 Å². The predicted octanol–water partition coefficient (Wildman–Crippen LogP) is -0.237. The van der Waals surface area contributed by atoms with Gasteiger partial charge in [0, 0.05) is 12.5 Å². The molecule has 1 rings (SSSR count). The van der Waals surface area contributed by atoms with Crippen LogP contribution in [0.2, 0.25) is 0 Å². The van der Waals surface area contributed by atoms with E-state index in [-0.39, 0.29) is 11.6 Å². The first-order valence-corrected chi connectivity index (χ1v) is 6.59. The quantitative estimate of drug-likeness (QED) is 0.328. The van der Waals surface area contributed by atoms with Crippen LogP contribution in [0.25, 0.3) is 0 Å². The highest BCUT2D eigenvalue weighted by Gasteiger charge is 2.04. The van der Waals surface area contributed by atoms with Gasteiger partial charge in [0.25, 0.3) is 0 Å². The summed E-state index contributed by atoms with van der Waals surface area (Å²) in [7, 11) is -2.97. The summed E-state index contributed by atoms with van der Waals surface area (Å²) in [5.74, 6) is 0.00656. The minimum absolute atomic E-state index is 0.0744. The second-order valence-electron chi connectivity index (χ2n) is 3.42. The Bertz CT molecular complexity index is 479. The third-order valence-electron chi connectivity index (χ3n) is 1.96. The van der Waals surface area contributed by atoms with E-state index in [0.717, 1.165) is 5.56 Å². The van der Waals surface area contributed by atoms with Crippen molar-refractivity contribution in [3.8, 4) is 0 Å². The standard InChI is InChI=1S/C9H13N3O3S/c1-16(14,15)5-4-7-2-3-8(11-6-7)9(10)12-13/h2-3,6,13H,4-5H2,1H3,(H2,10,12). The lowest BCUT2D eigenvalue weighted by Crippen LogP contribution is -2.15. The smallest absolute Gasteiger partial charge is 0.188 e. The maximum absolute atomic E-state index is 10.9. The maximum Gasteiger partial charge on any atom is 0.188 e. The molecule has 0 atom stereocenters. The molecule has 0 fully saturated rings. The normalized spacial score (nSPS) is 12.7. The number of hydrogen-bond donors (Lipinski definition) is 2. The third-order valence-corrected chi connectivity index (χ3v) is 2.90. The zero-order valence-electron chi connectivity index (χ0n) is 8.79. The van der Waals surface area contributed by atoms with Crippen molar-refractivity contribution in [3.63, 3.8) is 0 Å². The van der Waals surface area contributed by atoms with Crippen molar-refractivity contribution in [2.75, 3.05) is 12.0 Å². The number of hydrogen-bond acceptors (Lipinski definition) is 5.